The summed E-state index contributed by atoms with van der Waals surface area (Å²) in [4.78, 5) is 15.6. The van der Waals surface area contributed by atoms with E-state index in [0.29, 0.717) is 6.54 Å². The highest BCUT2D eigenvalue weighted by molar-refractivity contribution is 5.85. The van der Waals surface area contributed by atoms with Crippen molar-refractivity contribution in [1.29, 1.82) is 0 Å². The first-order valence-corrected chi connectivity index (χ1v) is 5.53. The van der Waals surface area contributed by atoms with E-state index < -0.39 is 6.04 Å². The molecule has 0 aromatic carbocycles. The first kappa shape index (κ1) is 19.6. The summed E-state index contributed by atoms with van der Waals surface area (Å²) in [5.74, 6) is 1.02. The van der Waals surface area contributed by atoms with Gasteiger partial charge in [0.05, 0.1) is 6.04 Å². The van der Waals surface area contributed by atoms with Gasteiger partial charge in [0.25, 0.3) is 0 Å². The molecule has 0 aliphatic carbocycles. The Bertz CT molecular complexity index is 355. The second-order valence-electron chi connectivity index (χ2n) is 4.23. The molecular weight excluding hydrogens is 275 g/mol. The molecule has 1 heterocycles. The fraction of sp³-hybridized carbons (Fsp3) is 0.636. The van der Waals surface area contributed by atoms with Gasteiger partial charge in [-0.3, -0.25) is 4.79 Å². The van der Waals surface area contributed by atoms with Crippen LogP contribution in [0.2, 0.25) is 0 Å². The minimum atomic E-state index is -0.427. The van der Waals surface area contributed by atoms with Gasteiger partial charge in [-0.2, -0.15) is 0 Å². The maximum atomic E-state index is 11.5. The van der Waals surface area contributed by atoms with Crippen LogP contribution in [0.1, 0.15) is 19.7 Å². The highest BCUT2D eigenvalue weighted by Gasteiger charge is 2.16. The van der Waals surface area contributed by atoms with Crippen LogP contribution in [-0.4, -0.2) is 28.0 Å². The molecule has 1 aromatic rings. The van der Waals surface area contributed by atoms with Gasteiger partial charge in [0.2, 0.25) is 5.91 Å². The third-order valence-electron chi connectivity index (χ3n) is 2.60. The van der Waals surface area contributed by atoms with Gasteiger partial charge in [-0.05, 0) is 12.8 Å². The van der Waals surface area contributed by atoms with E-state index in [9.17, 15) is 4.79 Å². The number of amides is 1. The van der Waals surface area contributed by atoms with Crippen LogP contribution in [0, 0.1) is 12.8 Å². The van der Waals surface area contributed by atoms with E-state index in [-0.39, 0.29) is 36.6 Å². The smallest absolute Gasteiger partial charge is 0.237 e. The summed E-state index contributed by atoms with van der Waals surface area (Å²) in [7, 11) is 0. The molecule has 0 fully saturated rings. The van der Waals surface area contributed by atoms with Crippen molar-refractivity contribution in [1.82, 2.24) is 14.9 Å². The molecule has 0 aliphatic heterocycles. The van der Waals surface area contributed by atoms with Crippen molar-refractivity contribution < 1.29 is 4.79 Å². The molecule has 3 N–H and O–H groups in total. The third kappa shape index (κ3) is 5.71. The van der Waals surface area contributed by atoms with Crippen molar-refractivity contribution in [2.75, 3.05) is 6.54 Å². The lowest BCUT2D eigenvalue weighted by Gasteiger charge is -2.15. The maximum absolute atomic E-state index is 11.5. The zero-order valence-corrected chi connectivity index (χ0v) is 12.6. The Kier molecular flexibility index (Phi) is 9.99. The Hall–Kier alpha value is -0.780. The SMILES string of the molecule is Cc1nccn1CCNC(=O)C(N)C(C)C.Cl.Cl. The van der Waals surface area contributed by atoms with Crippen LogP contribution in [0.4, 0.5) is 0 Å². The van der Waals surface area contributed by atoms with Gasteiger partial charge in [0, 0.05) is 25.5 Å². The number of aryl methyl sites for hydroxylation is 1. The number of rotatable bonds is 5. The Labute approximate surface area is 120 Å². The van der Waals surface area contributed by atoms with E-state index in [1.807, 2.05) is 31.5 Å². The second kappa shape index (κ2) is 9.19. The van der Waals surface area contributed by atoms with Crippen LogP contribution in [0.5, 0.6) is 0 Å². The average Bonchev–Trinajstić information content (AvgIpc) is 2.63. The molecule has 0 spiro atoms. The molecule has 0 saturated carbocycles. The Morgan fingerprint density at radius 3 is 2.56 bits per heavy atom. The van der Waals surface area contributed by atoms with Crippen molar-refractivity contribution >= 4 is 30.7 Å². The molecule has 0 bridgehead atoms. The van der Waals surface area contributed by atoms with Crippen LogP contribution in [-0.2, 0) is 11.3 Å². The molecule has 0 aliphatic rings. The molecule has 1 amide bonds. The minimum absolute atomic E-state index is 0. The van der Waals surface area contributed by atoms with Crippen LogP contribution in [0.25, 0.3) is 0 Å². The maximum Gasteiger partial charge on any atom is 0.237 e. The molecule has 7 heteroatoms. The van der Waals surface area contributed by atoms with Crippen molar-refractivity contribution in [3.63, 3.8) is 0 Å². The summed E-state index contributed by atoms with van der Waals surface area (Å²) in [6.07, 6.45) is 3.64. The second-order valence-corrected chi connectivity index (χ2v) is 4.23. The van der Waals surface area contributed by atoms with Crippen molar-refractivity contribution in [2.45, 2.75) is 33.4 Å². The van der Waals surface area contributed by atoms with Crippen LogP contribution >= 0.6 is 24.8 Å². The van der Waals surface area contributed by atoms with Crippen LogP contribution in [0.15, 0.2) is 12.4 Å². The van der Waals surface area contributed by atoms with Crippen molar-refractivity contribution in [3.05, 3.63) is 18.2 Å². The summed E-state index contributed by atoms with van der Waals surface area (Å²) in [5, 5.41) is 2.82. The molecule has 1 aromatic heterocycles. The summed E-state index contributed by atoms with van der Waals surface area (Å²) < 4.78 is 1.99. The molecule has 0 saturated heterocycles. The predicted molar refractivity (Wildman–Crippen MR) is 77.3 cm³/mol. The van der Waals surface area contributed by atoms with E-state index in [4.69, 9.17) is 5.73 Å². The Morgan fingerprint density at radius 1 is 1.50 bits per heavy atom. The first-order chi connectivity index (χ1) is 7.52. The lowest BCUT2D eigenvalue weighted by atomic mass is 10.1. The Balaban J connectivity index is 0. The fourth-order valence-electron chi connectivity index (χ4n) is 1.36. The molecule has 1 atom stereocenters. The number of hydrogen-bond donors (Lipinski definition) is 2. The number of carbonyl (C=O) groups excluding carboxylic acids is 1. The quantitative estimate of drug-likeness (QED) is 0.856. The fourth-order valence-corrected chi connectivity index (χ4v) is 1.36. The van der Waals surface area contributed by atoms with Gasteiger partial charge in [-0.25, -0.2) is 4.98 Å². The van der Waals surface area contributed by atoms with Gasteiger partial charge >= 0.3 is 0 Å². The highest BCUT2D eigenvalue weighted by Crippen LogP contribution is 1.98. The highest BCUT2D eigenvalue weighted by atomic mass is 35.5. The molecule has 5 nitrogen and oxygen atoms in total. The van der Waals surface area contributed by atoms with Crippen molar-refractivity contribution in [3.8, 4) is 0 Å². The van der Waals surface area contributed by atoms with Crippen LogP contribution < -0.4 is 11.1 Å². The van der Waals surface area contributed by atoms with Gasteiger partial charge in [0.15, 0.2) is 0 Å². The summed E-state index contributed by atoms with van der Waals surface area (Å²) in [5.41, 5.74) is 5.72. The van der Waals surface area contributed by atoms with Gasteiger partial charge in [-0.15, -0.1) is 24.8 Å². The standard InChI is InChI=1S/C11H20N4O.2ClH/c1-8(2)10(12)11(16)14-5-7-15-6-4-13-9(15)3;;/h4,6,8,10H,5,7,12H2,1-3H3,(H,14,16);2*1H. The lowest BCUT2D eigenvalue weighted by molar-refractivity contribution is -0.123. The topological polar surface area (TPSA) is 72.9 Å². The molecular formula is C11H22Cl2N4O. The lowest BCUT2D eigenvalue weighted by Crippen LogP contribution is -2.44. The predicted octanol–water partition coefficient (Wildman–Crippen LogP) is 1.13. The summed E-state index contributed by atoms with van der Waals surface area (Å²) in [6.45, 7) is 7.11. The molecule has 1 unspecified atom stereocenters. The summed E-state index contributed by atoms with van der Waals surface area (Å²) in [6, 6.07) is -0.427. The van der Waals surface area contributed by atoms with E-state index in [2.05, 4.69) is 10.3 Å². The van der Waals surface area contributed by atoms with Crippen molar-refractivity contribution in [2.24, 2.45) is 11.7 Å². The number of halogens is 2. The largest absolute Gasteiger partial charge is 0.353 e. The number of aromatic nitrogens is 2. The number of nitrogens with two attached hydrogens (primary N) is 1. The molecule has 18 heavy (non-hydrogen) atoms. The molecule has 0 radical (unpaired) electrons. The third-order valence-corrected chi connectivity index (χ3v) is 2.60. The number of hydrogen-bond acceptors (Lipinski definition) is 3. The number of carbonyl (C=O) groups is 1. The van der Waals surface area contributed by atoms with E-state index in [1.54, 1.807) is 6.20 Å². The zero-order valence-electron chi connectivity index (χ0n) is 10.9. The minimum Gasteiger partial charge on any atom is -0.353 e. The van der Waals surface area contributed by atoms with E-state index >= 15 is 0 Å². The molecule has 106 valence electrons. The van der Waals surface area contributed by atoms with Gasteiger partial charge < -0.3 is 15.6 Å². The number of imidazole rings is 1. The normalized spacial score (nSPS) is 11.4. The van der Waals surface area contributed by atoms with Gasteiger partial charge in [0.1, 0.15) is 5.82 Å². The van der Waals surface area contributed by atoms with E-state index in [0.717, 1.165) is 12.4 Å². The Morgan fingerprint density at radius 2 is 2.11 bits per heavy atom. The van der Waals surface area contributed by atoms with Gasteiger partial charge in [-0.1, -0.05) is 13.8 Å². The first-order valence-electron chi connectivity index (χ1n) is 5.53. The monoisotopic (exact) mass is 296 g/mol. The number of nitrogens with one attached hydrogen (secondary N) is 1. The summed E-state index contributed by atoms with van der Waals surface area (Å²) >= 11 is 0. The molecule has 1 rings (SSSR count). The van der Waals surface area contributed by atoms with Crippen LogP contribution in [0.3, 0.4) is 0 Å². The average molecular weight is 297 g/mol. The number of nitrogens with zero attached hydrogens (tertiary/aromatic N) is 2. The van der Waals surface area contributed by atoms with E-state index in [1.165, 1.54) is 0 Å². The zero-order chi connectivity index (χ0) is 12.1.